The molecular weight excluding hydrogens is 214 g/mol. The molecule has 0 radical (unpaired) electrons. The minimum absolute atomic E-state index is 0.148. The SMILES string of the molecule is CCCCNC(=O)CNC1CN2CCC1CC2. The Labute approximate surface area is 104 Å². The average molecular weight is 239 g/mol. The largest absolute Gasteiger partial charge is 0.355 e. The van der Waals surface area contributed by atoms with E-state index in [2.05, 4.69) is 22.5 Å². The Morgan fingerprint density at radius 2 is 2.12 bits per heavy atom. The molecule has 3 saturated heterocycles. The van der Waals surface area contributed by atoms with Gasteiger partial charge in [0.25, 0.3) is 0 Å². The van der Waals surface area contributed by atoms with Gasteiger partial charge in [0, 0.05) is 19.1 Å². The third-order valence-corrected chi connectivity index (χ3v) is 4.03. The summed E-state index contributed by atoms with van der Waals surface area (Å²) in [6.07, 6.45) is 4.81. The molecule has 1 unspecified atom stereocenters. The minimum Gasteiger partial charge on any atom is -0.355 e. The van der Waals surface area contributed by atoms with Crippen LogP contribution in [0, 0.1) is 5.92 Å². The molecule has 1 amide bonds. The molecule has 0 aromatic carbocycles. The van der Waals surface area contributed by atoms with Gasteiger partial charge < -0.3 is 15.5 Å². The number of carbonyl (C=O) groups excluding carboxylic acids is 1. The maximum atomic E-state index is 11.6. The van der Waals surface area contributed by atoms with E-state index in [1.807, 2.05) is 0 Å². The second-order valence-electron chi connectivity index (χ2n) is 5.33. The Morgan fingerprint density at radius 1 is 1.35 bits per heavy atom. The van der Waals surface area contributed by atoms with Crippen LogP contribution in [0.3, 0.4) is 0 Å². The highest BCUT2D eigenvalue weighted by molar-refractivity contribution is 5.77. The van der Waals surface area contributed by atoms with Crippen LogP contribution in [0.2, 0.25) is 0 Å². The number of carbonyl (C=O) groups is 1. The topological polar surface area (TPSA) is 44.4 Å². The Balaban J connectivity index is 1.63. The Kier molecular flexibility index (Phi) is 4.80. The van der Waals surface area contributed by atoms with Gasteiger partial charge in [-0.2, -0.15) is 0 Å². The number of hydrogen-bond donors (Lipinski definition) is 2. The lowest BCUT2D eigenvalue weighted by molar-refractivity contribution is -0.120. The third kappa shape index (κ3) is 3.68. The van der Waals surface area contributed by atoms with Crippen LogP contribution in [-0.2, 0) is 4.79 Å². The number of nitrogens with one attached hydrogen (secondary N) is 2. The van der Waals surface area contributed by atoms with Crippen LogP contribution in [-0.4, -0.2) is 49.6 Å². The number of piperidine rings is 3. The van der Waals surface area contributed by atoms with Crippen LogP contribution in [0.5, 0.6) is 0 Å². The van der Waals surface area contributed by atoms with Crippen LogP contribution in [0.4, 0.5) is 0 Å². The summed E-state index contributed by atoms with van der Waals surface area (Å²) in [7, 11) is 0. The quantitative estimate of drug-likeness (QED) is 0.667. The zero-order valence-electron chi connectivity index (χ0n) is 10.9. The molecule has 3 heterocycles. The van der Waals surface area contributed by atoms with Gasteiger partial charge in [-0.15, -0.1) is 0 Å². The minimum atomic E-state index is 0.148. The lowest BCUT2D eigenvalue weighted by atomic mass is 9.84. The van der Waals surface area contributed by atoms with Crippen molar-refractivity contribution in [2.45, 2.75) is 38.6 Å². The highest BCUT2D eigenvalue weighted by atomic mass is 16.1. The first-order valence-corrected chi connectivity index (χ1v) is 7.02. The lowest BCUT2D eigenvalue weighted by Gasteiger charge is -2.45. The zero-order valence-corrected chi connectivity index (χ0v) is 10.9. The van der Waals surface area contributed by atoms with E-state index in [1.165, 1.54) is 25.9 Å². The monoisotopic (exact) mass is 239 g/mol. The fourth-order valence-corrected chi connectivity index (χ4v) is 2.89. The second kappa shape index (κ2) is 6.36. The summed E-state index contributed by atoms with van der Waals surface area (Å²) in [5.41, 5.74) is 0. The molecule has 1 atom stereocenters. The fraction of sp³-hybridized carbons (Fsp3) is 0.923. The van der Waals surface area contributed by atoms with E-state index in [4.69, 9.17) is 0 Å². The molecule has 3 aliphatic heterocycles. The van der Waals surface area contributed by atoms with Crippen LogP contribution in [0.25, 0.3) is 0 Å². The number of amides is 1. The summed E-state index contributed by atoms with van der Waals surface area (Å²) in [5.74, 6) is 0.943. The lowest BCUT2D eigenvalue weighted by Crippen LogP contribution is -2.57. The van der Waals surface area contributed by atoms with E-state index in [9.17, 15) is 4.79 Å². The van der Waals surface area contributed by atoms with E-state index in [1.54, 1.807) is 0 Å². The van der Waals surface area contributed by atoms with Crippen molar-refractivity contribution in [1.82, 2.24) is 15.5 Å². The number of nitrogens with zero attached hydrogens (tertiary/aromatic N) is 1. The molecule has 4 heteroatoms. The molecule has 4 nitrogen and oxygen atoms in total. The molecule has 2 N–H and O–H groups in total. The molecule has 17 heavy (non-hydrogen) atoms. The molecule has 0 aromatic rings. The molecular formula is C13H25N3O. The summed E-state index contributed by atoms with van der Waals surface area (Å²) in [5, 5.41) is 6.38. The van der Waals surface area contributed by atoms with Crippen molar-refractivity contribution in [3.05, 3.63) is 0 Å². The standard InChI is InChI=1S/C13H25N3O/c1-2-3-6-14-13(17)9-15-12-10-16-7-4-11(12)5-8-16/h11-12,15H,2-10H2,1H3,(H,14,17). The molecule has 98 valence electrons. The van der Waals surface area contributed by atoms with Gasteiger partial charge in [-0.05, 0) is 38.3 Å². The van der Waals surface area contributed by atoms with Gasteiger partial charge in [-0.3, -0.25) is 4.79 Å². The van der Waals surface area contributed by atoms with Crippen LogP contribution in [0.1, 0.15) is 32.6 Å². The predicted octanol–water partition coefficient (Wildman–Crippen LogP) is 0.587. The van der Waals surface area contributed by atoms with Gasteiger partial charge >= 0.3 is 0 Å². The number of unbranched alkanes of at least 4 members (excludes halogenated alkanes) is 1. The molecule has 0 saturated carbocycles. The summed E-state index contributed by atoms with van der Waals surface area (Å²) in [6.45, 7) is 7.08. The molecule has 0 aliphatic carbocycles. The Bertz CT molecular complexity index is 249. The highest BCUT2D eigenvalue weighted by Gasteiger charge is 2.33. The first-order valence-electron chi connectivity index (χ1n) is 7.02. The maximum Gasteiger partial charge on any atom is 0.233 e. The van der Waals surface area contributed by atoms with Crippen LogP contribution >= 0.6 is 0 Å². The highest BCUT2D eigenvalue weighted by Crippen LogP contribution is 2.27. The van der Waals surface area contributed by atoms with Gasteiger partial charge in [0.15, 0.2) is 0 Å². The fourth-order valence-electron chi connectivity index (χ4n) is 2.89. The maximum absolute atomic E-state index is 11.6. The molecule has 3 rings (SSSR count). The summed E-state index contributed by atoms with van der Waals surface area (Å²) >= 11 is 0. The van der Waals surface area contributed by atoms with Crippen molar-refractivity contribution in [3.63, 3.8) is 0 Å². The molecule has 2 bridgehead atoms. The van der Waals surface area contributed by atoms with Crippen molar-refractivity contribution in [3.8, 4) is 0 Å². The van der Waals surface area contributed by atoms with Crippen molar-refractivity contribution in [2.75, 3.05) is 32.7 Å². The third-order valence-electron chi connectivity index (χ3n) is 4.03. The number of fused-ring (bicyclic) bond motifs is 3. The molecule has 0 spiro atoms. The summed E-state index contributed by atoms with van der Waals surface area (Å²) in [6, 6.07) is 0.537. The molecule has 0 aromatic heterocycles. The number of hydrogen-bond acceptors (Lipinski definition) is 3. The van der Waals surface area contributed by atoms with Gasteiger partial charge in [-0.25, -0.2) is 0 Å². The first kappa shape index (κ1) is 12.8. The zero-order chi connectivity index (χ0) is 12.1. The average Bonchev–Trinajstić information content (AvgIpc) is 2.38. The first-order chi connectivity index (χ1) is 8.29. The van der Waals surface area contributed by atoms with E-state index < -0.39 is 0 Å². The van der Waals surface area contributed by atoms with Crippen molar-refractivity contribution < 1.29 is 4.79 Å². The van der Waals surface area contributed by atoms with Crippen LogP contribution in [0.15, 0.2) is 0 Å². The summed E-state index contributed by atoms with van der Waals surface area (Å²) < 4.78 is 0. The second-order valence-corrected chi connectivity index (χ2v) is 5.33. The van der Waals surface area contributed by atoms with Crippen LogP contribution < -0.4 is 10.6 Å². The van der Waals surface area contributed by atoms with Gasteiger partial charge in [0.2, 0.25) is 5.91 Å². The smallest absolute Gasteiger partial charge is 0.233 e. The normalized spacial score (nSPS) is 31.5. The van der Waals surface area contributed by atoms with Gasteiger partial charge in [-0.1, -0.05) is 13.3 Å². The van der Waals surface area contributed by atoms with Gasteiger partial charge in [0.1, 0.15) is 0 Å². The summed E-state index contributed by atoms with van der Waals surface area (Å²) in [4.78, 5) is 14.1. The van der Waals surface area contributed by atoms with E-state index in [-0.39, 0.29) is 5.91 Å². The Morgan fingerprint density at radius 3 is 2.71 bits per heavy atom. The predicted molar refractivity (Wildman–Crippen MR) is 68.9 cm³/mol. The van der Waals surface area contributed by atoms with E-state index in [0.29, 0.717) is 12.6 Å². The van der Waals surface area contributed by atoms with E-state index in [0.717, 1.165) is 31.8 Å². The van der Waals surface area contributed by atoms with E-state index >= 15 is 0 Å². The molecule has 3 aliphatic rings. The van der Waals surface area contributed by atoms with Gasteiger partial charge in [0.05, 0.1) is 6.54 Å². The molecule has 3 fully saturated rings. The van der Waals surface area contributed by atoms with Crippen molar-refractivity contribution in [2.24, 2.45) is 5.92 Å². The number of rotatable bonds is 6. The van der Waals surface area contributed by atoms with Crippen molar-refractivity contribution >= 4 is 5.91 Å². The Hall–Kier alpha value is -0.610. The van der Waals surface area contributed by atoms with Crippen molar-refractivity contribution in [1.29, 1.82) is 0 Å².